The zero-order valence-corrected chi connectivity index (χ0v) is 14.9. The summed E-state index contributed by atoms with van der Waals surface area (Å²) in [5.74, 6) is 1.67. The Bertz CT molecular complexity index is 425. The third-order valence-corrected chi connectivity index (χ3v) is 4.12. The van der Waals surface area contributed by atoms with Crippen LogP contribution >= 0.6 is 28.3 Å². The van der Waals surface area contributed by atoms with Crippen LogP contribution in [0.15, 0.2) is 22.7 Å². The van der Waals surface area contributed by atoms with Gasteiger partial charge in [-0.3, -0.25) is 0 Å². The minimum Gasteiger partial charge on any atom is -0.493 e. The van der Waals surface area contributed by atoms with E-state index in [4.69, 9.17) is 4.74 Å². The highest BCUT2D eigenvalue weighted by atomic mass is 79.9. The Morgan fingerprint density at radius 1 is 1.35 bits per heavy atom. The van der Waals surface area contributed by atoms with Crippen LogP contribution in [0.5, 0.6) is 5.75 Å². The van der Waals surface area contributed by atoms with Crippen molar-refractivity contribution in [1.29, 1.82) is 0 Å². The molecule has 114 valence electrons. The molecule has 1 atom stereocenters. The monoisotopic (exact) mass is 361 g/mol. The van der Waals surface area contributed by atoms with Gasteiger partial charge in [-0.05, 0) is 43.0 Å². The molecule has 2 nitrogen and oxygen atoms in total. The van der Waals surface area contributed by atoms with Crippen molar-refractivity contribution in [3.63, 3.8) is 0 Å². The van der Waals surface area contributed by atoms with Gasteiger partial charge in [-0.1, -0.05) is 36.7 Å². The van der Waals surface area contributed by atoms with Crippen molar-refractivity contribution in [3.8, 4) is 5.75 Å². The van der Waals surface area contributed by atoms with Gasteiger partial charge in [-0.2, -0.15) is 0 Å². The number of ether oxygens (including phenoxy) is 1. The number of hydrogen-bond donors (Lipinski definition) is 1. The SMILES string of the molecule is CC(C)(C)c1cc(Br)ccc1OCC1CCCNC1.Cl. The average Bonchev–Trinajstić information content (AvgIpc) is 2.37. The molecule has 1 unspecified atom stereocenters. The molecular weight excluding hydrogens is 338 g/mol. The summed E-state index contributed by atoms with van der Waals surface area (Å²) in [6.45, 7) is 9.73. The molecule has 20 heavy (non-hydrogen) atoms. The van der Waals surface area contributed by atoms with E-state index in [9.17, 15) is 0 Å². The number of hydrogen-bond acceptors (Lipinski definition) is 2. The van der Waals surface area contributed by atoms with Crippen molar-refractivity contribution in [2.45, 2.75) is 39.0 Å². The highest BCUT2D eigenvalue weighted by molar-refractivity contribution is 9.10. The molecule has 1 fully saturated rings. The molecule has 1 aromatic rings. The lowest BCUT2D eigenvalue weighted by Crippen LogP contribution is -2.33. The molecular formula is C16H25BrClNO. The van der Waals surface area contributed by atoms with Gasteiger partial charge < -0.3 is 10.1 Å². The maximum atomic E-state index is 6.10. The fourth-order valence-electron chi connectivity index (χ4n) is 2.49. The molecule has 1 heterocycles. The smallest absolute Gasteiger partial charge is 0.123 e. The van der Waals surface area contributed by atoms with Crippen molar-refractivity contribution >= 4 is 28.3 Å². The molecule has 0 saturated carbocycles. The Labute approximate surface area is 137 Å². The van der Waals surface area contributed by atoms with Gasteiger partial charge in [0.1, 0.15) is 5.75 Å². The first kappa shape index (κ1) is 17.8. The third-order valence-electron chi connectivity index (χ3n) is 3.62. The zero-order chi connectivity index (χ0) is 13.9. The van der Waals surface area contributed by atoms with Gasteiger partial charge in [0.25, 0.3) is 0 Å². The molecule has 4 heteroatoms. The molecule has 1 aromatic carbocycles. The van der Waals surface area contributed by atoms with Gasteiger partial charge in [0.15, 0.2) is 0 Å². The molecule has 1 saturated heterocycles. The van der Waals surface area contributed by atoms with E-state index >= 15 is 0 Å². The first-order valence-corrected chi connectivity index (χ1v) is 7.89. The quantitative estimate of drug-likeness (QED) is 0.852. The van der Waals surface area contributed by atoms with Gasteiger partial charge in [0.2, 0.25) is 0 Å². The highest BCUT2D eigenvalue weighted by Gasteiger charge is 2.20. The second-order valence-corrected chi connectivity index (χ2v) is 7.33. The lowest BCUT2D eigenvalue weighted by Gasteiger charge is -2.26. The molecule has 0 aromatic heterocycles. The molecule has 1 aliphatic rings. The summed E-state index contributed by atoms with van der Waals surface area (Å²) in [7, 11) is 0. The Morgan fingerprint density at radius 2 is 2.10 bits per heavy atom. The number of rotatable bonds is 3. The van der Waals surface area contributed by atoms with E-state index in [1.54, 1.807) is 0 Å². The van der Waals surface area contributed by atoms with Crippen LogP contribution in [-0.2, 0) is 5.41 Å². The molecule has 1 aliphatic heterocycles. The predicted molar refractivity (Wildman–Crippen MR) is 91.2 cm³/mol. The van der Waals surface area contributed by atoms with Crippen LogP contribution in [-0.4, -0.2) is 19.7 Å². The van der Waals surface area contributed by atoms with E-state index in [1.165, 1.54) is 18.4 Å². The van der Waals surface area contributed by atoms with Crippen LogP contribution in [0.2, 0.25) is 0 Å². The van der Waals surface area contributed by atoms with Gasteiger partial charge in [0.05, 0.1) is 6.61 Å². The maximum Gasteiger partial charge on any atom is 0.123 e. The molecule has 0 amide bonds. The number of piperidine rings is 1. The van der Waals surface area contributed by atoms with Crippen molar-refractivity contribution in [2.24, 2.45) is 5.92 Å². The maximum absolute atomic E-state index is 6.10. The summed E-state index contributed by atoms with van der Waals surface area (Å²) in [5.41, 5.74) is 1.37. The second kappa shape index (κ2) is 7.67. The summed E-state index contributed by atoms with van der Waals surface area (Å²) >= 11 is 3.55. The normalized spacial score (nSPS) is 19.3. The second-order valence-electron chi connectivity index (χ2n) is 6.41. The van der Waals surface area contributed by atoms with Crippen LogP contribution < -0.4 is 10.1 Å². The van der Waals surface area contributed by atoms with Crippen molar-refractivity contribution in [2.75, 3.05) is 19.7 Å². The Balaban J connectivity index is 0.00000200. The summed E-state index contributed by atoms with van der Waals surface area (Å²) in [4.78, 5) is 0. The molecule has 0 bridgehead atoms. The van der Waals surface area contributed by atoms with E-state index in [2.05, 4.69) is 60.2 Å². The van der Waals surface area contributed by atoms with Crippen LogP contribution in [0, 0.1) is 5.92 Å². The van der Waals surface area contributed by atoms with Crippen LogP contribution in [0.4, 0.5) is 0 Å². The minimum atomic E-state index is 0. The van der Waals surface area contributed by atoms with Crippen molar-refractivity contribution < 1.29 is 4.74 Å². The zero-order valence-electron chi connectivity index (χ0n) is 12.5. The first-order valence-electron chi connectivity index (χ1n) is 7.10. The summed E-state index contributed by atoms with van der Waals surface area (Å²) in [6.07, 6.45) is 2.54. The summed E-state index contributed by atoms with van der Waals surface area (Å²) in [5, 5.41) is 3.44. The minimum absolute atomic E-state index is 0. The van der Waals surface area contributed by atoms with Gasteiger partial charge >= 0.3 is 0 Å². The van der Waals surface area contributed by atoms with Crippen molar-refractivity contribution in [1.82, 2.24) is 5.32 Å². The molecule has 1 N–H and O–H groups in total. The third kappa shape index (κ3) is 4.94. The van der Waals surface area contributed by atoms with E-state index < -0.39 is 0 Å². The highest BCUT2D eigenvalue weighted by Crippen LogP contribution is 2.34. The molecule has 2 rings (SSSR count). The molecule has 0 radical (unpaired) electrons. The van der Waals surface area contributed by atoms with Gasteiger partial charge in [0, 0.05) is 22.5 Å². The fourth-order valence-corrected chi connectivity index (χ4v) is 2.85. The van der Waals surface area contributed by atoms with Crippen LogP contribution in [0.25, 0.3) is 0 Å². The standard InChI is InChI=1S/C16H24BrNO.ClH/c1-16(2,3)14-9-13(17)6-7-15(14)19-11-12-5-4-8-18-10-12;/h6-7,9,12,18H,4-5,8,10-11H2,1-3H3;1H. The van der Waals surface area contributed by atoms with Crippen LogP contribution in [0.1, 0.15) is 39.2 Å². The molecule has 0 spiro atoms. The topological polar surface area (TPSA) is 21.3 Å². The fraction of sp³-hybridized carbons (Fsp3) is 0.625. The van der Waals surface area contributed by atoms with E-state index in [1.807, 2.05) is 0 Å². The van der Waals surface area contributed by atoms with E-state index in [0.717, 1.165) is 29.9 Å². The summed E-state index contributed by atoms with van der Waals surface area (Å²) in [6, 6.07) is 6.32. The lowest BCUT2D eigenvalue weighted by molar-refractivity contribution is 0.215. The number of halogens is 2. The van der Waals surface area contributed by atoms with E-state index in [-0.39, 0.29) is 17.8 Å². The Kier molecular flexibility index (Phi) is 6.83. The van der Waals surface area contributed by atoms with Crippen LogP contribution in [0.3, 0.4) is 0 Å². The Hall–Kier alpha value is -0.250. The van der Waals surface area contributed by atoms with Gasteiger partial charge in [-0.15, -0.1) is 12.4 Å². The lowest BCUT2D eigenvalue weighted by atomic mass is 9.86. The van der Waals surface area contributed by atoms with Crippen molar-refractivity contribution in [3.05, 3.63) is 28.2 Å². The number of benzene rings is 1. The summed E-state index contributed by atoms with van der Waals surface area (Å²) < 4.78 is 7.21. The molecule has 0 aliphatic carbocycles. The average molecular weight is 363 g/mol. The van der Waals surface area contributed by atoms with E-state index in [0.29, 0.717) is 5.92 Å². The number of nitrogens with one attached hydrogen (secondary N) is 1. The predicted octanol–water partition coefficient (Wildman–Crippen LogP) is 4.55. The van der Waals surface area contributed by atoms with Gasteiger partial charge in [-0.25, -0.2) is 0 Å². The first-order chi connectivity index (χ1) is 8.97. The largest absolute Gasteiger partial charge is 0.493 e. The Morgan fingerprint density at radius 3 is 2.70 bits per heavy atom.